The van der Waals surface area contributed by atoms with Gasteiger partial charge in [-0.25, -0.2) is 0 Å². The summed E-state index contributed by atoms with van der Waals surface area (Å²) in [5, 5.41) is 2.95. The van der Waals surface area contributed by atoms with Crippen LogP contribution in [-0.2, 0) is 13.0 Å². The molecule has 0 fully saturated rings. The molecule has 8 nitrogen and oxygen atoms in total. The number of nitrogens with one attached hydrogen (secondary N) is 1. The summed E-state index contributed by atoms with van der Waals surface area (Å²) >= 11 is 0. The van der Waals surface area contributed by atoms with Crippen LogP contribution in [0.4, 0.5) is 17.1 Å². The summed E-state index contributed by atoms with van der Waals surface area (Å²) in [6.45, 7) is 0.305. The van der Waals surface area contributed by atoms with E-state index in [2.05, 4.69) is 5.32 Å². The minimum absolute atomic E-state index is 0.104. The van der Waals surface area contributed by atoms with Crippen LogP contribution in [0.3, 0.4) is 0 Å². The summed E-state index contributed by atoms with van der Waals surface area (Å²) in [5.41, 5.74) is 4.91. The van der Waals surface area contributed by atoms with E-state index in [1.807, 2.05) is 98.7 Å². The Morgan fingerprint density at radius 2 is 1.31 bits per heavy atom. The number of carbonyl (C=O) groups excluding carboxylic acids is 2. The third kappa shape index (κ3) is 7.20. The highest BCUT2D eigenvalue weighted by Gasteiger charge is 2.21. The fraction of sp³-hybridized carbons (Fsp3) is 0.235. The normalized spacial score (nSPS) is 10.5. The van der Waals surface area contributed by atoms with Crippen LogP contribution in [0, 0.1) is 0 Å². The molecular formula is C34H37N3O5. The van der Waals surface area contributed by atoms with Gasteiger partial charge in [0.2, 0.25) is 5.75 Å². The van der Waals surface area contributed by atoms with Gasteiger partial charge in [0.1, 0.15) is 6.61 Å². The molecule has 0 aliphatic heterocycles. The van der Waals surface area contributed by atoms with Crippen LogP contribution in [0.1, 0.15) is 31.8 Å². The third-order valence-corrected chi connectivity index (χ3v) is 6.83. The number of carbonyl (C=O) groups is 2. The molecule has 4 aromatic carbocycles. The van der Waals surface area contributed by atoms with Gasteiger partial charge in [-0.05, 0) is 53.6 Å². The van der Waals surface area contributed by atoms with Gasteiger partial charge >= 0.3 is 0 Å². The molecule has 0 spiro atoms. The second-order valence-electron chi connectivity index (χ2n) is 10.2. The maximum atomic E-state index is 13.6. The molecule has 1 N–H and O–H groups in total. The summed E-state index contributed by atoms with van der Waals surface area (Å²) in [4.78, 5) is 30.9. The predicted octanol–water partition coefficient (Wildman–Crippen LogP) is 6.09. The quantitative estimate of drug-likeness (QED) is 0.208. The average Bonchev–Trinajstić information content (AvgIpc) is 3.00. The van der Waals surface area contributed by atoms with Crippen LogP contribution in [0.2, 0.25) is 0 Å². The zero-order valence-corrected chi connectivity index (χ0v) is 24.9. The number of amides is 1. The molecule has 0 heterocycles. The van der Waals surface area contributed by atoms with Gasteiger partial charge in [-0.15, -0.1) is 0 Å². The Balaban J connectivity index is 1.60. The smallest absolute Gasteiger partial charge is 0.255 e. The van der Waals surface area contributed by atoms with Crippen LogP contribution in [0.5, 0.6) is 17.2 Å². The van der Waals surface area contributed by atoms with Crippen molar-refractivity contribution in [1.82, 2.24) is 0 Å². The van der Waals surface area contributed by atoms with Gasteiger partial charge in [0.25, 0.3) is 5.91 Å². The summed E-state index contributed by atoms with van der Waals surface area (Å²) in [6.07, 6.45) is 0.201. The molecule has 8 heteroatoms. The van der Waals surface area contributed by atoms with Crippen LogP contribution < -0.4 is 29.3 Å². The zero-order valence-electron chi connectivity index (χ0n) is 24.9. The number of hydrogen-bond donors (Lipinski definition) is 1. The molecule has 0 atom stereocenters. The number of ether oxygens (including phenoxy) is 3. The first-order chi connectivity index (χ1) is 20.2. The second-order valence-corrected chi connectivity index (χ2v) is 10.2. The lowest BCUT2D eigenvalue weighted by Crippen LogP contribution is -2.17. The molecular weight excluding hydrogens is 530 g/mol. The van der Waals surface area contributed by atoms with Crippen molar-refractivity contribution in [2.75, 3.05) is 57.5 Å². The lowest BCUT2D eigenvalue weighted by molar-refractivity contribution is 0.0994. The standard InChI is InChI=1S/C34H37N3O5/c1-36(2)26-14-12-23(13-15-26)18-30(38)28-17-16-27(37(3)4)21-29(28)35-34(39)25-19-31(40-5)33(32(20-25)41-6)42-22-24-10-8-7-9-11-24/h7-17,19-21H,18,22H2,1-6H3,(H,35,39). The van der Waals surface area contributed by atoms with Gasteiger partial charge in [-0.2, -0.15) is 0 Å². The van der Waals surface area contributed by atoms with Crippen molar-refractivity contribution in [3.8, 4) is 17.2 Å². The molecule has 0 saturated heterocycles. The zero-order chi connectivity index (χ0) is 30.2. The Morgan fingerprint density at radius 3 is 1.88 bits per heavy atom. The average molecular weight is 568 g/mol. The molecule has 0 radical (unpaired) electrons. The van der Waals surface area contributed by atoms with Crippen LogP contribution in [0.15, 0.2) is 84.9 Å². The Bertz CT molecular complexity index is 1510. The van der Waals surface area contributed by atoms with Crippen molar-refractivity contribution in [3.05, 3.63) is 107 Å². The topological polar surface area (TPSA) is 80.3 Å². The molecule has 4 rings (SSSR count). The monoisotopic (exact) mass is 567 g/mol. The van der Waals surface area contributed by atoms with Crippen LogP contribution >= 0.6 is 0 Å². The van der Waals surface area contributed by atoms with E-state index in [0.29, 0.717) is 40.7 Å². The first-order valence-electron chi connectivity index (χ1n) is 13.5. The van der Waals surface area contributed by atoms with Gasteiger partial charge in [0.05, 0.1) is 19.9 Å². The van der Waals surface area contributed by atoms with Crippen LogP contribution in [0.25, 0.3) is 0 Å². The number of methoxy groups -OCH3 is 2. The maximum Gasteiger partial charge on any atom is 0.255 e. The molecule has 0 aromatic heterocycles. The predicted molar refractivity (Wildman–Crippen MR) is 168 cm³/mol. The van der Waals surface area contributed by atoms with E-state index >= 15 is 0 Å². The minimum atomic E-state index is -0.415. The van der Waals surface area contributed by atoms with E-state index in [9.17, 15) is 9.59 Å². The Labute approximate surface area is 247 Å². The molecule has 42 heavy (non-hydrogen) atoms. The first kappa shape index (κ1) is 30.0. The van der Waals surface area contributed by atoms with E-state index in [-0.39, 0.29) is 12.2 Å². The van der Waals surface area contributed by atoms with Gasteiger partial charge < -0.3 is 29.3 Å². The van der Waals surface area contributed by atoms with E-state index < -0.39 is 5.91 Å². The van der Waals surface area contributed by atoms with E-state index in [4.69, 9.17) is 14.2 Å². The molecule has 0 aliphatic carbocycles. The lowest BCUT2D eigenvalue weighted by atomic mass is 10.00. The van der Waals surface area contributed by atoms with Gasteiger partial charge in [-0.1, -0.05) is 42.5 Å². The number of anilines is 3. The molecule has 0 aliphatic rings. The summed E-state index contributed by atoms with van der Waals surface area (Å²) < 4.78 is 17.2. The largest absolute Gasteiger partial charge is 0.493 e. The van der Waals surface area contributed by atoms with E-state index in [0.717, 1.165) is 22.5 Å². The number of nitrogens with zero attached hydrogens (tertiary/aromatic N) is 2. The van der Waals surface area contributed by atoms with Crippen molar-refractivity contribution < 1.29 is 23.8 Å². The van der Waals surface area contributed by atoms with Crippen molar-refractivity contribution >= 4 is 28.8 Å². The Hall–Kier alpha value is -4.98. The van der Waals surface area contributed by atoms with Crippen molar-refractivity contribution in [2.24, 2.45) is 0 Å². The van der Waals surface area contributed by atoms with Crippen molar-refractivity contribution in [2.45, 2.75) is 13.0 Å². The summed E-state index contributed by atoms with van der Waals surface area (Å²) in [6, 6.07) is 26.2. The van der Waals surface area contributed by atoms with Gasteiger partial charge in [0, 0.05) is 57.1 Å². The van der Waals surface area contributed by atoms with Crippen LogP contribution in [-0.4, -0.2) is 54.1 Å². The number of benzene rings is 4. The van der Waals surface area contributed by atoms with Gasteiger partial charge in [-0.3, -0.25) is 9.59 Å². The lowest BCUT2D eigenvalue weighted by Gasteiger charge is -2.18. The fourth-order valence-electron chi connectivity index (χ4n) is 4.43. The molecule has 0 saturated carbocycles. The fourth-order valence-corrected chi connectivity index (χ4v) is 4.43. The third-order valence-electron chi connectivity index (χ3n) is 6.83. The highest BCUT2D eigenvalue weighted by molar-refractivity contribution is 6.10. The Kier molecular flexibility index (Phi) is 9.70. The Morgan fingerprint density at radius 1 is 0.714 bits per heavy atom. The molecule has 218 valence electrons. The number of ketones is 1. The minimum Gasteiger partial charge on any atom is -0.493 e. The highest BCUT2D eigenvalue weighted by Crippen LogP contribution is 2.39. The van der Waals surface area contributed by atoms with E-state index in [1.165, 1.54) is 14.2 Å². The SMILES string of the molecule is COc1cc(C(=O)Nc2cc(N(C)C)ccc2C(=O)Cc2ccc(N(C)C)cc2)cc(OC)c1OCc1ccccc1. The van der Waals surface area contributed by atoms with Gasteiger partial charge in [0.15, 0.2) is 17.3 Å². The summed E-state index contributed by atoms with van der Waals surface area (Å²) in [7, 11) is 10.8. The number of hydrogen-bond acceptors (Lipinski definition) is 7. The van der Waals surface area contributed by atoms with Crippen molar-refractivity contribution in [3.63, 3.8) is 0 Å². The molecule has 0 unspecified atom stereocenters. The second kappa shape index (κ2) is 13.6. The molecule has 0 bridgehead atoms. The highest BCUT2D eigenvalue weighted by atomic mass is 16.5. The molecule has 1 amide bonds. The summed E-state index contributed by atoms with van der Waals surface area (Å²) in [5.74, 6) is 0.589. The number of Topliss-reactive ketones (excluding diaryl/α,β-unsaturated/α-hetero) is 1. The van der Waals surface area contributed by atoms with Crippen molar-refractivity contribution in [1.29, 1.82) is 0 Å². The van der Waals surface area contributed by atoms with E-state index in [1.54, 1.807) is 24.3 Å². The maximum absolute atomic E-state index is 13.6. The first-order valence-corrected chi connectivity index (χ1v) is 13.5. The number of rotatable bonds is 12. The molecule has 4 aromatic rings.